The topological polar surface area (TPSA) is 79.0 Å². The van der Waals surface area contributed by atoms with Crippen LogP contribution in [0.1, 0.15) is 12.5 Å². The smallest absolute Gasteiger partial charge is 0.230 e. The van der Waals surface area contributed by atoms with E-state index in [1.807, 2.05) is 67.7 Å². The molecule has 3 N–H and O–H groups in total. The summed E-state index contributed by atoms with van der Waals surface area (Å²) in [5, 5.41) is 7.20. The zero-order valence-electron chi connectivity index (χ0n) is 16.1. The number of rotatable bonds is 7. The first-order valence-corrected chi connectivity index (χ1v) is 9.52. The standard InChI is InChI=1S/C23H22N4O2/c1-2-29-21-10-6-5-9-20(21)26-17-11-12-22(25-15-17)27-23(28)13-16-14-24-19-8-4-3-7-18(16)19/h3-12,14-15,24,26H,2,13H2,1H3,(H,25,27,28). The van der Waals surface area contributed by atoms with Gasteiger partial charge in [-0.25, -0.2) is 4.98 Å². The second-order valence-corrected chi connectivity index (χ2v) is 6.57. The number of carbonyl (C=O) groups is 1. The zero-order chi connectivity index (χ0) is 20.1. The number of ether oxygens (including phenoxy) is 1. The van der Waals surface area contributed by atoms with Crippen LogP contribution in [-0.2, 0) is 11.2 Å². The number of aromatic amines is 1. The van der Waals surface area contributed by atoms with Crippen molar-refractivity contribution >= 4 is 34.0 Å². The van der Waals surface area contributed by atoms with E-state index in [2.05, 4.69) is 20.6 Å². The van der Waals surface area contributed by atoms with Gasteiger partial charge in [-0.05, 0) is 42.8 Å². The van der Waals surface area contributed by atoms with Gasteiger partial charge in [-0.3, -0.25) is 4.79 Å². The highest BCUT2D eigenvalue weighted by molar-refractivity contribution is 5.95. The maximum atomic E-state index is 12.4. The van der Waals surface area contributed by atoms with E-state index in [1.165, 1.54) is 0 Å². The minimum absolute atomic E-state index is 0.107. The third-order valence-corrected chi connectivity index (χ3v) is 4.52. The van der Waals surface area contributed by atoms with Crippen LogP contribution in [0.4, 0.5) is 17.2 Å². The molecule has 0 aliphatic carbocycles. The molecule has 2 aromatic carbocycles. The molecule has 0 spiro atoms. The van der Waals surface area contributed by atoms with Crippen molar-refractivity contribution in [3.8, 4) is 5.75 Å². The first-order chi connectivity index (χ1) is 14.2. The molecule has 2 heterocycles. The Balaban J connectivity index is 1.40. The summed E-state index contributed by atoms with van der Waals surface area (Å²) in [6.45, 7) is 2.55. The average Bonchev–Trinajstić information content (AvgIpc) is 3.14. The third kappa shape index (κ3) is 4.38. The van der Waals surface area contributed by atoms with Crippen molar-refractivity contribution in [2.45, 2.75) is 13.3 Å². The van der Waals surface area contributed by atoms with E-state index in [-0.39, 0.29) is 12.3 Å². The van der Waals surface area contributed by atoms with Gasteiger partial charge in [0.15, 0.2) is 0 Å². The van der Waals surface area contributed by atoms with Crippen LogP contribution in [0.5, 0.6) is 5.75 Å². The van der Waals surface area contributed by atoms with Crippen molar-refractivity contribution in [3.63, 3.8) is 0 Å². The van der Waals surface area contributed by atoms with Crippen molar-refractivity contribution in [3.05, 3.63) is 78.6 Å². The van der Waals surface area contributed by atoms with Crippen LogP contribution in [0, 0.1) is 0 Å². The molecule has 0 aliphatic rings. The monoisotopic (exact) mass is 386 g/mol. The predicted molar refractivity (Wildman–Crippen MR) is 116 cm³/mol. The molecule has 6 heteroatoms. The maximum absolute atomic E-state index is 12.4. The summed E-state index contributed by atoms with van der Waals surface area (Å²) in [5.41, 5.74) is 3.67. The number of anilines is 3. The molecule has 146 valence electrons. The summed E-state index contributed by atoms with van der Waals surface area (Å²) in [4.78, 5) is 19.9. The second-order valence-electron chi connectivity index (χ2n) is 6.57. The fourth-order valence-corrected chi connectivity index (χ4v) is 3.19. The van der Waals surface area contributed by atoms with Crippen LogP contribution in [-0.4, -0.2) is 22.5 Å². The Kier molecular flexibility index (Phi) is 5.42. The third-order valence-electron chi connectivity index (χ3n) is 4.52. The molecule has 0 unspecified atom stereocenters. The summed E-state index contributed by atoms with van der Waals surface area (Å²) >= 11 is 0. The van der Waals surface area contributed by atoms with Crippen LogP contribution in [0.15, 0.2) is 73.1 Å². The van der Waals surface area contributed by atoms with E-state index in [4.69, 9.17) is 4.74 Å². The number of nitrogens with zero attached hydrogens (tertiary/aromatic N) is 1. The van der Waals surface area contributed by atoms with Crippen molar-refractivity contribution in [1.82, 2.24) is 9.97 Å². The molecule has 0 saturated carbocycles. The molecular formula is C23H22N4O2. The Labute approximate surface area is 168 Å². The predicted octanol–water partition coefficient (Wildman–Crippen LogP) is 4.89. The van der Waals surface area contributed by atoms with Crippen LogP contribution < -0.4 is 15.4 Å². The van der Waals surface area contributed by atoms with Crippen molar-refractivity contribution in [1.29, 1.82) is 0 Å². The van der Waals surface area contributed by atoms with Gasteiger partial charge in [-0.2, -0.15) is 0 Å². The maximum Gasteiger partial charge on any atom is 0.230 e. The van der Waals surface area contributed by atoms with Crippen molar-refractivity contribution in [2.24, 2.45) is 0 Å². The number of fused-ring (bicyclic) bond motifs is 1. The van der Waals surface area contributed by atoms with Gasteiger partial charge < -0.3 is 20.4 Å². The second kappa shape index (κ2) is 8.48. The zero-order valence-corrected chi connectivity index (χ0v) is 16.1. The molecule has 4 aromatic rings. The van der Waals surface area contributed by atoms with Crippen LogP contribution in [0.25, 0.3) is 10.9 Å². The van der Waals surface area contributed by atoms with E-state index < -0.39 is 0 Å². The summed E-state index contributed by atoms with van der Waals surface area (Å²) in [5.74, 6) is 1.19. The molecule has 2 aromatic heterocycles. The largest absolute Gasteiger partial charge is 0.492 e. The molecule has 1 amide bonds. The summed E-state index contributed by atoms with van der Waals surface area (Å²) in [6.07, 6.45) is 3.85. The van der Waals surface area contributed by atoms with Crippen molar-refractivity contribution in [2.75, 3.05) is 17.2 Å². The van der Waals surface area contributed by atoms with Gasteiger partial charge in [0.1, 0.15) is 11.6 Å². The Morgan fingerprint density at radius 1 is 1.07 bits per heavy atom. The first kappa shape index (κ1) is 18.6. The SMILES string of the molecule is CCOc1ccccc1Nc1ccc(NC(=O)Cc2c[nH]c3ccccc23)nc1. The average molecular weight is 386 g/mol. The molecule has 0 saturated heterocycles. The Morgan fingerprint density at radius 2 is 1.90 bits per heavy atom. The molecule has 0 bridgehead atoms. The quantitative estimate of drug-likeness (QED) is 0.423. The molecular weight excluding hydrogens is 364 g/mol. The van der Waals surface area contributed by atoms with Crippen LogP contribution in [0.2, 0.25) is 0 Å². The molecule has 0 aliphatic heterocycles. The van der Waals surface area contributed by atoms with Gasteiger partial charge in [0.2, 0.25) is 5.91 Å². The van der Waals surface area contributed by atoms with Gasteiger partial charge in [0.25, 0.3) is 0 Å². The molecule has 0 atom stereocenters. The first-order valence-electron chi connectivity index (χ1n) is 9.52. The Hall–Kier alpha value is -3.80. The molecule has 0 fully saturated rings. The highest BCUT2D eigenvalue weighted by Gasteiger charge is 2.10. The minimum atomic E-state index is -0.107. The molecule has 0 radical (unpaired) electrons. The van der Waals surface area contributed by atoms with E-state index in [9.17, 15) is 4.79 Å². The number of H-pyrrole nitrogens is 1. The number of carbonyl (C=O) groups excluding carboxylic acids is 1. The van der Waals surface area contributed by atoms with Crippen molar-refractivity contribution < 1.29 is 9.53 Å². The van der Waals surface area contributed by atoms with E-state index in [0.717, 1.165) is 33.6 Å². The highest BCUT2D eigenvalue weighted by Crippen LogP contribution is 2.27. The lowest BCUT2D eigenvalue weighted by Gasteiger charge is -2.12. The Morgan fingerprint density at radius 3 is 2.72 bits per heavy atom. The van der Waals surface area contributed by atoms with Crippen LogP contribution >= 0.6 is 0 Å². The lowest BCUT2D eigenvalue weighted by molar-refractivity contribution is -0.115. The van der Waals surface area contributed by atoms with E-state index >= 15 is 0 Å². The highest BCUT2D eigenvalue weighted by atomic mass is 16.5. The lowest BCUT2D eigenvalue weighted by Crippen LogP contribution is -2.15. The fourth-order valence-electron chi connectivity index (χ4n) is 3.19. The number of hydrogen-bond donors (Lipinski definition) is 3. The number of amides is 1. The Bertz CT molecular complexity index is 1120. The van der Waals surface area contributed by atoms with Gasteiger partial charge in [-0.1, -0.05) is 30.3 Å². The van der Waals surface area contributed by atoms with Gasteiger partial charge >= 0.3 is 0 Å². The number of nitrogens with one attached hydrogen (secondary N) is 3. The molecule has 4 rings (SSSR count). The number of hydrogen-bond acceptors (Lipinski definition) is 4. The number of pyridine rings is 1. The lowest BCUT2D eigenvalue weighted by atomic mass is 10.1. The normalized spacial score (nSPS) is 10.7. The minimum Gasteiger partial charge on any atom is -0.492 e. The van der Waals surface area contributed by atoms with Gasteiger partial charge in [0.05, 0.1) is 30.6 Å². The fraction of sp³-hybridized carbons (Fsp3) is 0.130. The van der Waals surface area contributed by atoms with Crippen LogP contribution in [0.3, 0.4) is 0 Å². The van der Waals surface area contributed by atoms with Gasteiger partial charge in [-0.15, -0.1) is 0 Å². The molecule has 6 nitrogen and oxygen atoms in total. The summed E-state index contributed by atoms with van der Waals surface area (Å²) < 4.78 is 5.62. The van der Waals surface area contributed by atoms with E-state index in [1.54, 1.807) is 12.3 Å². The number of para-hydroxylation sites is 3. The summed E-state index contributed by atoms with van der Waals surface area (Å²) in [7, 11) is 0. The number of aromatic nitrogens is 2. The summed E-state index contributed by atoms with van der Waals surface area (Å²) in [6, 6.07) is 19.3. The van der Waals surface area contributed by atoms with E-state index in [0.29, 0.717) is 12.4 Å². The molecule has 29 heavy (non-hydrogen) atoms. The number of benzene rings is 2. The van der Waals surface area contributed by atoms with Gasteiger partial charge in [0, 0.05) is 17.1 Å².